The van der Waals surface area contributed by atoms with Gasteiger partial charge in [-0.05, 0) is 81.6 Å². The first-order chi connectivity index (χ1) is 17.8. The number of carbonyl (C=O) groups excluding carboxylic acids is 1. The van der Waals surface area contributed by atoms with Gasteiger partial charge in [-0.15, -0.1) is 0 Å². The molecule has 2 aromatic carbocycles. The van der Waals surface area contributed by atoms with Crippen molar-refractivity contribution < 1.29 is 4.79 Å². The molecule has 37 heavy (non-hydrogen) atoms. The summed E-state index contributed by atoms with van der Waals surface area (Å²) in [6.45, 7) is 9.41. The zero-order valence-corrected chi connectivity index (χ0v) is 22.2. The predicted molar refractivity (Wildman–Crippen MR) is 151 cm³/mol. The molecule has 0 saturated carbocycles. The molecule has 0 unspecified atom stereocenters. The van der Waals surface area contributed by atoms with Crippen molar-refractivity contribution in [2.45, 2.75) is 46.2 Å². The van der Waals surface area contributed by atoms with Crippen LogP contribution in [0.4, 0.5) is 11.4 Å². The lowest BCUT2D eigenvalue weighted by Gasteiger charge is -2.30. The summed E-state index contributed by atoms with van der Waals surface area (Å²) < 4.78 is 1.98. The number of piperidine rings is 1. The Labute approximate surface area is 219 Å². The molecule has 1 saturated heterocycles. The number of aromatic nitrogens is 2. The number of guanidine groups is 1. The molecule has 1 atom stereocenters. The average Bonchev–Trinajstić information content (AvgIpc) is 3.31. The normalized spacial score (nSPS) is 16.5. The van der Waals surface area contributed by atoms with Crippen LogP contribution in [0.2, 0.25) is 0 Å². The Morgan fingerprint density at radius 2 is 2.03 bits per heavy atom. The van der Waals surface area contributed by atoms with Gasteiger partial charge in [0.1, 0.15) is 0 Å². The molecule has 1 amide bonds. The van der Waals surface area contributed by atoms with Crippen molar-refractivity contribution in [3.8, 4) is 5.69 Å². The standard InChI is InChI=1S/C28H38N8O/c1-5-31-28(30-4)34-26-13-22(9-8-19(26)2)27(37)33-24-11-21(16-35-10-6-7-23(29)17-35)12-25(14-24)36-15-20(3)32-18-36/h8-9,11-15,18,23H,5-7,10,16-17,29H2,1-4H3,(H,33,37)(H2,30,31,34)/t23-/m0/s1. The van der Waals surface area contributed by atoms with Crippen molar-refractivity contribution >= 4 is 23.2 Å². The van der Waals surface area contributed by atoms with E-state index < -0.39 is 0 Å². The molecule has 196 valence electrons. The highest BCUT2D eigenvalue weighted by molar-refractivity contribution is 6.06. The second-order valence-corrected chi connectivity index (χ2v) is 9.66. The van der Waals surface area contributed by atoms with E-state index in [1.807, 2.05) is 61.9 Å². The van der Waals surface area contributed by atoms with Crippen molar-refractivity contribution in [2.75, 3.05) is 37.3 Å². The van der Waals surface area contributed by atoms with E-state index in [0.29, 0.717) is 11.5 Å². The number of anilines is 2. The number of carbonyl (C=O) groups is 1. The van der Waals surface area contributed by atoms with Crippen LogP contribution in [0.15, 0.2) is 53.9 Å². The van der Waals surface area contributed by atoms with Gasteiger partial charge in [-0.2, -0.15) is 0 Å². The third-order valence-electron chi connectivity index (χ3n) is 6.51. The monoisotopic (exact) mass is 502 g/mol. The van der Waals surface area contributed by atoms with Crippen LogP contribution in [0.1, 0.15) is 46.9 Å². The van der Waals surface area contributed by atoms with Crippen LogP contribution < -0.4 is 21.7 Å². The number of nitrogens with zero attached hydrogens (tertiary/aromatic N) is 4. The molecule has 0 spiro atoms. The van der Waals surface area contributed by atoms with Gasteiger partial charge in [0.25, 0.3) is 5.91 Å². The van der Waals surface area contributed by atoms with Crippen LogP contribution in [0.3, 0.4) is 0 Å². The summed E-state index contributed by atoms with van der Waals surface area (Å²) in [5, 5.41) is 9.57. The van der Waals surface area contributed by atoms with E-state index in [1.165, 1.54) is 0 Å². The Bertz CT molecular complexity index is 1260. The number of nitrogens with two attached hydrogens (primary N) is 1. The van der Waals surface area contributed by atoms with Crippen molar-refractivity contribution in [2.24, 2.45) is 10.7 Å². The molecule has 1 aliphatic heterocycles. The van der Waals surface area contributed by atoms with Gasteiger partial charge >= 0.3 is 0 Å². The zero-order chi connectivity index (χ0) is 26.4. The highest BCUT2D eigenvalue weighted by atomic mass is 16.1. The van der Waals surface area contributed by atoms with Gasteiger partial charge in [0, 0.05) is 61.5 Å². The molecule has 2 heterocycles. The second-order valence-electron chi connectivity index (χ2n) is 9.66. The number of hydrogen-bond donors (Lipinski definition) is 4. The van der Waals surface area contributed by atoms with Crippen LogP contribution in [0, 0.1) is 13.8 Å². The van der Waals surface area contributed by atoms with Crippen LogP contribution in [-0.2, 0) is 6.54 Å². The molecule has 0 bridgehead atoms. The molecular weight excluding hydrogens is 464 g/mol. The summed E-state index contributed by atoms with van der Waals surface area (Å²) in [7, 11) is 1.72. The van der Waals surface area contributed by atoms with E-state index in [1.54, 1.807) is 13.4 Å². The Balaban J connectivity index is 1.59. The molecular formula is C28H38N8O. The van der Waals surface area contributed by atoms with Crippen molar-refractivity contribution in [1.82, 2.24) is 19.8 Å². The first-order valence-electron chi connectivity index (χ1n) is 12.9. The fourth-order valence-electron chi connectivity index (χ4n) is 4.62. The Morgan fingerprint density at radius 1 is 1.19 bits per heavy atom. The van der Waals surface area contributed by atoms with Gasteiger partial charge in [-0.1, -0.05) is 6.07 Å². The van der Waals surface area contributed by atoms with Gasteiger partial charge in [0.05, 0.1) is 12.0 Å². The molecule has 3 aromatic rings. The summed E-state index contributed by atoms with van der Waals surface area (Å²) in [5.41, 5.74) is 12.4. The first kappa shape index (κ1) is 26.4. The molecule has 0 radical (unpaired) electrons. The maximum absolute atomic E-state index is 13.3. The number of likely N-dealkylation sites (tertiary alicyclic amines) is 1. The number of aliphatic imine (C=N–C) groups is 1. The molecule has 0 aliphatic carbocycles. The number of benzene rings is 2. The lowest BCUT2D eigenvalue weighted by Crippen LogP contribution is -2.42. The molecule has 1 aromatic heterocycles. The molecule has 1 aliphatic rings. The van der Waals surface area contributed by atoms with Gasteiger partial charge < -0.3 is 26.3 Å². The fourth-order valence-corrected chi connectivity index (χ4v) is 4.62. The quantitative estimate of drug-likeness (QED) is 0.290. The SMILES string of the molecule is CCNC(=NC)Nc1cc(C(=O)Nc2cc(CN3CCC[C@H](N)C3)cc(-n3cnc(C)c3)c2)ccc1C. The summed E-state index contributed by atoms with van der Waals surface area (Å²) >= 11 is 0. The first-order valence-corrected chi connectivity index (χ1v) is 12.9. The number of imidazole rings is 1. The predicted octanol–water partition coefficient (Wildman–Crippen LogP) is 3.67. The second kappa shape index (κ2) is 12.0. The number of nitrogens with one attached hydrogen (secondary N) is 3. The minimum atomic E-state index is -0.175. The van der Waals surface area contributed by atoms with Crippen molar-refractivity contribution in [3.05, 3.63) is 71.3 Å². The maximum Gasteiger partial charge on any atom is 0.255 e. The van der Waals surface area contributed by atoms with Gasteiger partial charge in [0.15, 0.2) is 5.96 Å². The van der Waals surface area contributed by atoms with E-state index in [9.17, 15) is 4.79 Å². The van der Waals surface area contributed by atoms with Crippen LogP contribution in [0.5, 0.6) is 0 Å². The Kier molecular flexibility index (Phi) is 8.58. The lowest BCUT2D eigenvalue weighted by molar-refractivity contribution is 0.102. The average molecular weight is 503 g/mol. The van der Waals surface area contributed by atoms with E-state index in [-0.39, 0.29) is 11.9 Å². The topological polar surface area (TPSA) is 113 Å². The molecule has 4 rings (SSSR count). The maximum atomic E-state index is 13.3. The number of hydrogen-bond acceptors (Lipinski definition) is 5. The van der Waals surface area contributed by atoms with Crippen LogP contribution in [-0.4, -0.2) is 59.0 Å². The summed E-state index contributed by atoms with van der Waals surface area (Å²) in [4.78, 5) is 24.3. The summed E-state index contributed by atoms with van der Waals surface area (Å²) in [6, 6.07) is 12.0. The van der Waals surface area contributed by atoms with Crippen LogP contribution in [0.25, 0.3) is 5.69 Å². The van der Waals surface area contributed by atoms with Gasteiger partial charge in [0.2, 0.25) is 0 Å². The minimum absolute atomic E-state index is 0.175. The fraction of sp³-hybridized carbons (Fsp3) is 0.393. The van der Waals surface area contributed by atoms with Crippen molar-refractivity contribution in [1.29, 1.82) is 0 Å². The van der Waals surface area contributed by atoms with E-state index in [4.69, 9.17) is 5.73 Å². The zero-order valence-electron chi connectivity index (χ0n) is 22.2. The Hall–Kier alpha value is -3.69. The highest BCUT2D eigenvalue weighted by Gasteiger charge is 2.18. The number of amides is 1. The Morgan fingerprint density at radius 3 is 2.73 bits per heavy atom. The third kappa shape index (κ3) is 6.96. The number of rotatable bonds is 7. The van der Waals surface area contributed by atoms with E-state index in [0.717, 1.165) is 72.9 Å². The van der Waals surface area contributed by atoms with Gasteiger partial charge in [-0.25, -0.2) is 4.98 Å². The van der Waals surface area contributed by atoms with Crippen LogP contribution >= 0.6 is 0 Å². The van der Waals surface area contributed by atoms with Gasteiger partial charge in [-0.3, -0.25) is 14.7 Å². The minimum Gasteiger partial charge on any atom is -0.356 e. The lowest BCUT2D eigenvalue weighted by atomic mass is 10.0. The molecule has 5 N–H and O–H groups in total. The molecule has 1 fully saturated rings. The van der Waals surface area contributed by atoms with E-state index in [2.05, 4.69) is 36.9 Å². The molecule has 9 heteroatoms. The van der Waals surface area contributed by atoms with Crippen molar-refractivity contribution in [3.63, 3.8) is 0 Å². The third-order valence-corrected chi connectivity index (χ3v) is 6.51. The highest BCUT2D eigenvalue weighted by Crippen LogP contribution is 2.23. The molecule has 9 nitrogen and oxygen atoms in total. The largest absolute Gasteiger partial charge is 0.356 e. The number of aryl methyl sites for hydroxylation is 2. The summed E-state index contributed by atoms with van der Waals surface area (Å²) in [6.07, 6.45) is 5.95. The smallest absolute Gasteiger partial charge is 0.255 e. The van der Waals surface area contributed by atoms with E-state index >= 15 is 0 Å². The summed E-state index contributed by atoms with van der Waals surface area (Å²) in [5.74, 6) is 0.486.